The SMILES string of the molecule is O=c1[nH]c2ccc(S(=O)(=O)NCc3ccc(Cl)cc3)cc2[nH]1. The van der Waals surface area contributed by atoms with E-state index in [1.807, 2.05) is 0 Å². The smallest absolute Gasteiger partial charge is 0.306 e. The predicted molar refractivity (Wildman–Crippen MR) is 84.4 cm³/mol. The molecule has 0 spiro atoms. The standard InChI is InChI=1S/C14H12ClN3O3S/c15-10-3-1-9(2-4-10)8-16-22(20,21)11-5-6-12-13(7-11)18-14(19)17-12/h1-7,16H,8H2,(H2,17,18,19). The first-order valence-corrected chi connectivity index (χ1v) is 8.26. The highest BCUT2D eigenvalue weighted by Crippen LogP contribution is 2.16. The molecule has 0 aliphatic rings. The molecule has 6 nitrogen and oxygen atoms in total. The molecule has 0 saturated heterocycles. The molecule has 0 radical (unpaired) electrons. The number of hydrogen-bond acceptors (Lipinski definition) is 3. The number of imidazole rings is 1. The van der Waals surface area contributed by atoms with Gasteiger partial charge in [0.1, 0.15) is 0 Å². The second kappa shape index (κ2) is 5.60. The molecule has 3 N–H and O–H groups in total. The van der Waals surface area contributed by atoms with Crippen molar-refractivity contribution in [2.75, 3.05) is 0 Å². The van der Waals surface area contributed by atoms with Crippen molar-refractivity contribution in [3.63, 3.8) is 0 Å². The van der Waals surface area contributed by atoms with Gasteiger partial charge >= 0.3 is 5.69 Å². The third-order valence-corrected chi connectivity index (χ3v) is 4.83. The molecular weight excluding hydrogens is 326 g/mol. The quantitative estimate of drug-likeness (QED) is 0.679. The van der Waals surface area contributed by atoms with E-state index in [1.165, 1.54) is 12.1 Å². The molecule has 8 heteroatoms. The fourth-order valence-electron chi connectivity index (χ4n) is 2.04. The minimum absolute atomic E-state index is 0.0872. The average Bonchev–Trinajstić information content (AvgIpc) is 2.86. The van der Waals surface area contributed by atoms with Crippen molar-refractivity contribution in [1.82, 2.24) is 14.7 Å². The molecule has 3 aromatic rings. The number of nitrogens with one attached hydrogen (secondary N) is 3. The van der Waals surface area contributed by atoms with E-state index in [0.717, 1.165) is 5.56 Å². The van der Waals surface area contributed by atoms with Crippen molar-refractivity contribution in [2.45, 2.75) is 11.4 Å². The van der Waals surface area contributed by atoms with Crippen molar-refractivity contribution < 1.29 is 8.42 Å². The number of H-pyrrole nitrogens is 2. The molecule has 0 aliphatic heterocycles. The second-order valence-corrected chi connectivity index (χ2v) is 6.94. The molecule has 0 aliphatic carbocycles. The van der Waals surface area contributed by atoms with E-state index in [2.05, 4.69) is 14.7 Å². The topological polar surface area (TPSA) is 94.8 Å². The van der Waals surface area contributed by atoms with Gasteiger partial charge in [-0.25, -0.2) is 17.9 Å². The lowest BCUT2D eigenvalue weighted by molar-refractivity contribution is 0.581. The van der Waals surface area contributed by atoms with E-state index in [0.29, 0.717) is 16.1 Å². The van der Waals surface area contributed by atoms with Gasteiger partial charge in [0.05, 0.1) is 15.9 Å². The van der Waals surface area contributed by atoms with E-state index in [1.54, 1.807) is 30.3 Å². The van der Waals surface area contributed by atoms with E-state index in [4.69, 9.17) is 11.6 Å². The average molecular weight is 338 g/mol. The molecule has 0 fully saturated rings. The zero-order chi connectivity index (χ0) is 15.7. The lowest BCUT2D eigenvalue weighted by atomic mass is 10.2. The number of sulfonamides is 1. The number of aromatic nitrogens is 2. The summed E-state index contributed by atoms with van der Waals surface area (Å²) in [6.45, 7) is 0.154. The van der Waals surface area contributed by atoms with Gasteiger partial charge in [-0.05, 0) is 35.9 Å². The van der Waals surface area contributed by atoms with Crippen LogP contribution in [0.4, 0.5) is 0 Å². The van der Waals surface area contributed by atoms with Crippen LogP contribution in [0.15, 0.2) is 52.2 Å². The Morgan fingerprint density at radius 1 is 1.00 bits per heavy atom. The summed E-state index contributed by atoms with van der Waals surface area (Å²) in [7, 11) is -3.67. The van der Waals surface area contributed by atoms with E-state index >= 15 is 0 Å². The maximum Gasteiger partial charge on any atom is 0.323 e. The first-order valence-electron chi connectivity index (χ1n) is 6.40. The van der Waals surface area contributed by atoms with Gasteiger partial charge in [-0.1, -0.05) is 23.7 Å². The molecule has 0 atom stereocenters. The largest absolute Gasteiger partial charge is 0.323 e. The summed E-state index contributed by atoms with van der Waals surface area (Å²) in [6.07, 6.45) is 0. The second-order valence-electron chi connectivity index (χ2n) is 4.74. The zero-order valence-corrected chi connectivity index (χ0v) is 12.8. The van der Waals surface area contributed by atoms with Crippen molar-refractivity contribution in [3.8, 4) is 0 Å². The van der Waals surface area contributed by atoms with Crippen LogP contribution in [0.25, 0.3) is 11.0 Å². The molecule has 0 bridgehead atoms. The molecule has 0 amide bonds. The molecule has 2 aromatic carbocycles. The Labute approximate surface area is 131 Å². The normalized spacial score (nSPS) is 11.9. The van der Waals surface area contributed by atoms with Gasteiger partial charge in [0.2, 0.25) is 10.0 Å². The fourth-order valence-corrected chi connectivity index (χ4v) is 3.21. The van der Waals surface area contributed by atoms with Gasteiger partial charge < -0.3 is 9.97 Å². The number of hydrogen-bond donors (Lipinski definition) is 3. The van der Waals surface area contributed by atoms with Crippen LogP contribution >= 0.6 is 11.6 Å². The number of benzene rings is 2. The summed E-state index contributed by atoms with van der Waals surface area (Å²) in [6, 6.07) is 11.3. The molecule has 1 heterocycles. The van der Waals surface area contributed by atoms with Crippen LogP contribution in [-0.2, 0) is 16.6 Å². The minimum atomic E-state index is -3.67. The summed E-state index contributed by atoms with van der Waals surface area (Å²) in [5, 5.41) is 0.591. The van der Waals surface area contributed by atoms with Gasteiger partial charge in [-0.15, -0.1) is 0 Å². The van der Waals surface area contributed by atoms with Gasteiger partial charge in [0.15, 0.2) is 0 Å². The molecule has 0 unspecified atom stereocenters. The Morgan fingerprint density at radius 3 is 2.41 bits per heavy atom. The summed E-state index contributed by atoms with van der Waals surface area (Å²) in [5.74, 6) is 0. The van der Waals surface area contributed by atoms with Crippen LogP contribution in [0.3, 0.4) is 0 Å². The van der Waals surface area contributed by atoms with Crippen LogP contribution in [0.1, 0.15) is 5.56 Å². The van der Waals surface area contributed by atoms with Crippen molar-refractivity contribution in [2.24, 2.45) is 0 Å². The third kappa shape index (κ3) is 3.06. The summed E-state index contributed by atoms with van der Waals surface area (Å²) in [4.78, 5) is 16.4. The van der Waals surface area contributed by atoms with Gasteiger partial charge in [0.25, 0.3) is 0 Å². The first-order chi connectivity index (χ1) is 10.4. The van der Waals surface area contributed by atoms with Crippen molar-refractivity contribution in [1.29, 1.82) is 0 Å². The Morgan fingerprint density at radius 2 is 1.68 bits per heavy atom. The van der Waals surface area contributed by atoms with Crippen LogP contribution in [0, 0.1) is 0 Å². The van der Waals surface area contributed by atoms with Crippen molar-refractivity contribution in [3.05, 3.63) is 63.5 Å². The van der Waals surface area contributed by atoms with Gasteiger partial charge in [-0.3, -0.25) is 0 Å². The summed E-state index contributed by atoms with van der Waals surface area (Å²) < 4.78 is 27.1. The Bertz CT molecular complexity index is 974. The van der Waals surface area contributed by atoms with Gasteiger partial charge in [0, 0.05) is 11.6 Å². The minimum Gasteiger partial charge on any atom is -0.306 e. The number of aromatic amines is 2. The number of rotatable bonds is 4. The molecule has 1 aromatic heterocycles. The highest BCUT2D eigenvalue weighted by Gasteiger charge is 2.14. The molecule has 3 rings (SSSR count). The van der Waals surface area contributed by atoms with E-state index < -0.39 is 10.0 Å². The Kier molecular flexibility index (Phi) is 3.78. The van der Waals surface area contributed by atoms with Crippen LogP contribution in [0.5, 0.6) is 0 Å². The highest BCUT2D eigenvalue weighted by molar-refractivity contribution is 7.89. The van der Waals surface area contributed by atoms with Crippen LogP contribution in [0.2, 0.25) is 5.02 Å². The number of fused-ring (bicyclic) bond motifs is 1. The lowest BCUT2D eigenvalue weighted by Crippen LogP contribution is -2.23. The maximum atomic E-state index is 12.3. The van der Waals surface area contributed by atoms with Crippen LogP contribution < -0.4 is 10.4 Å². The zero-order valence-electron chi connectivity index (χ0n) is 11.3. The lowest BCUT2D eigenvalue weighted by Gasteiger charge is -2.07. The van der Waals surface area contributed by atoms with Crippen LogP contribution in [-0.4, -0.2) is 18.4 Å². The van der Waals surface area contributed by atoms with E-state index in [-0.39, 0.29) is 17.1 Å². The first kappa shape index (κ1) is 14.8. The van der Waals surface area contributed by atoms with E-state index in [9.17, 15) is 13.2 Å². The number of halogens is 1. The maximum absolute atomic E-state index is 12.3. The molecule has 0 saturated carbocycles. The summed E-state index contributed by atoms with van der Waals surface area (Å²) >= 11 is 5.78. The Balaban J connectivity index is 1.84. The molecule has 22 heavy (non-hydrogen) atoms. The monoisotopic (exact) mass is 337 g/mol. The summed E-state index contributed by atoms with van der Waals surface area (Å²) in [5.41, 5.74) is 1.42. The third-order valence-electron chi connectivity index (χ3n) is 3.18. The Hall–Kier alpha value is -2.09. The van der Waals surface area contributed by atoms with Crippen molar-refractivity contribution >= 4 is 32.7 Å². The predicted octanol–water partition coefficient (Wildman–Crippen LogP) is 1.99. The molecule has 114 valence electrons. The van der Waals surface area contributed by atoms with Gasteiger partial charge in [-0.2, -0.15) is 0 Å². The molecular formula is C14H12ClN3O3S. The fraction of sp³-hybridized carbons (Fsp3) is 0.0714. The highest BCUT2D eigenvalue weighted by atomic mass is 35.5.